The van der Waals surface area contributed by atoms with Crippen LogP contribution in [-0.2, 0) is 19.6 Å². The molecule has 0 N–H and O–H groups in total. The predicted octanol–water partition coefficient (Wildman–Crippen LogP) is 2.61. The van der Waals surface area contributed by atoms with Crippen LogP contribution in [0.15, 0.2) is 23.1 Å². The Bertz CT molecular complexity index is 732. The van der Waals surface area contributed by atoms with Gasteiger partial charge in [0.25, 0.3) is 0 Å². The first-order chi connectivity index (χ1) is 11.8. The van der Waals surface area contributed by atoms with E-state index in [4.69, 9.17) is 16.3 Å². The summed E-state index contributed by atoms with van der Waals surface area (Å²) < 4.78 is 60.5. The molecular formula is C14H16ClF2NO5S2. The van der Waals surface area contributed by atoms with Crippen LogP contribution in [0.2, 0.25) is 5.02 Å². The molecule has 1 fully saturated rings. The average molecular weight is 416 g/mol. The number of sulfonamides is 1. The summed E-state index contributed by atoms with van der Waals surface area (Å²) >= 11 is 7.28. The average Bonchev–Trinajstić information content (AvgIpc) is 2.56. The number of thioether (sulfide) groups is 1. The summed E-state index contributed by atoms with van der Waals surface area (Å²) in [6.45, 7) is -1.18. The zero-order valence-electron chi connectivity index (χ0n) is 13.2. The molecule has 1 aliphatic heterocycles. The molecule has 11 heteroatoms. The molecule has 0 aromatic heterocycles. The maximum absolute atomic E-state index is 12.9. The van der Waals surface area contributed by atoms with E-state index in [2.05, 4.69) is 4.74 Å². The Balaban J connectivity index is 2.32. The molecular weight excluding hydrogens is 400 g/mol. The van der Waals surface area contributed by atoms with Crippen LogP contribution < -0.4 is 4.74 Å². The molecule has 0 amide bonds. The molecule has 0 spiro atoms. The van der Waals surface area contributed by atoms with E-state index in [9.17, 15) is 22.0 Å². The molecule has 6 nitrogen and oxygen atoms in total. The number of nitrogens with zero attached hydrogens (tertiary/aromatic N) is 1. The largest absolute Gasteiger partial charge is 0.465 e. The number of esters is 1. The Hall–Kier alpha value is -1.10. The van der Waals surface area contributed by atoms with Crippen molar-refractivity contribution in [2.75, 3.05) is 24.7 Å². The van der Waals surface area contributed by atoms with Crippen molar-refractivity contribution in [2.24, 2.45) is 0 Å². The van der Waals surface area contributed by atoms with Gasteiger partial charge in [-0.1, -0.05) is 11.6 Å². The van der Waals surface area contributed by atoms with Gasteiger partial charge < -0.3 is 9.47 Å². The van der Waals surface area contributed by atoms with Gasteiger partial charge >= 0.3 is 12.6 Å². The minimum absolute atomic E-state index is 0.128. The summed E-state index contributed by atoms with van der Waals surface area (Å²) in [6.07, 6.45) is 0. The number of benzene rings is 1. The lowest BCUT2D eigenvalue weighted by atomic mass is 10.3. The van der Waals surface area contributed by atoms with Crippen molar-refractivity contribution in [1.29, 1.82) is 0 Å². The van der Waals surface area contributed by atoms with E-state index >= 15 is 0 Å². The molecule has 0 aliphatic carbocycles. The number of carbonyl (C=O) groups excluding carboxylic acids is 1. The monoisotopic (exact) mass is 415 g/mol. The number of halogens is 3. The third-order valence-corrected chi connectivity index (χ3v) is 6.59. The first-order valence-electron chi connectivity index (χ1n) is 7.28. The quantitative estimate of drug-likeness (QED) is 0.665. The molecule has 1 aliphatic rings. The summed E-state index contributed by atoms with van der Waals surface area (Å²) in [6, 6.07) is 2.25. The van der Waals surface area contributed by atoms with Crippen LogP contribution in [0.3, 0.4) is 0 Å². The van der Waals surface area contributed by atoms with Gasteiger partial charge in [-0.25, -0.2) is 8.42 Å². The number of hydrogen-bond donors (Lipinski definition) is 0. The lowest BCUT2D eigenvalue weighted by molar-refractivity contribution is -0.147. The second-order valence-electron chi connectivity index (χ2n) is 4.93. The molecule has 0 bridgehead atoms. The maximum atomic E-state index is 12.9. The highest BCUT2D eigenvalue weighted by atomic mass is 35.5. The maximum Gasteiger partial charge on any atom is 0.387 e. The van der Waals surface area contributed by atoms with E-state index < -0.39 is 28.6 Å². The summed E-state index contributed by atoms with van der Waals surface area (Å²) in [5, 5.41) is -0.263. The Labute approximate surface area is 153 Å². The molecule has 1 aromatic carbocycles. The first-order valence-corrected chi connectivity index (χ1v) is 10.2. The van der Waals surface area contributed by atoms with Crippen LogP contribution in [0.25, 0.3) is 0 Å². The number of carbonyl (C=O) groups is 1. The smallest absolute Gasteiger partial charge is 0.387 e. The topological polar surface area (TPSA) is 72.9 Å². The van der Waals surface area contributed by atoms with E-state index in [0.29, 0.717) is 5.75 Å². The fourth-order valence-corrected chi connectivity index (χ4v) is 5.41. The Kier molecular flexibility index (Phi) is 6.89. The van der Waals surface area contributed by atoms with Gasteiger partial charge in [-0.15, -0.1) is 0 Å². The van der Waals surface area contributed by atoms with E-state index in [0.717, 1.165) is 22.5 Å². The van der Waals surface area contributed by atoms with E-state index in [1.807, 2.05) is 0 Å². The highest BCUT2D eigenvalue weighted by Gasteiger charge is 2.39. The standard InChI is InChI=1S/C14H16ClF2NO5S2/c1-2-22-13(19)11-8-24-6-5-18(11)25(20,21)9-3-4-12(10(15)7-9)23-14(16)17/h3-4,7,11,14H,2,5-6,8H2,1H3. The number of ether oxygens (including phenoxy) is 2. The van der Waals surface area contributed by atoms with Gasteiger partial charge in [0.2, 0.25) is 10.0 Å². The normalized spacial score (nSPS) is 19.0. The zero-order chi connectivity index (χ0) is 18.6. The van der Waals surface area contributed by atoms with Gasteiger partial charge in [0.1, 0.15) is 11.8 Å². The van der Waals surface area contributed by atoms with Gasteiger partial charge in [0.05, 0.1) is 16.5 Å². The van der Waals surface area contributed by atoms with Crippen LogP contribution in [0, 0.1) is 0 Å². The summed E-state index contributed by atoms with van der Waals surface area (Å²) in [5.41, 5.74) is 0. The van der Waals surface area contributed by atoms with E-state index in [1.54, 1.807) is 6.92 Å². The van der Waals surface area contributed by atoms with Crippen molar-refractivity contribution < 1.29 is 31.5 Å². The minimum atomic E-state index is -4.05. The molecule has 0 radical (unpaired) electrons. The third-order valence-electron chi connectivity index (χ3n) is 3.36. The van der Waals surface area contributed by atoms with Gasteiger partial charge in [-0.3, -0.25) is 4.79 Å². The Morgan fingerprint density at radius 2 is 2.20 bits per heavy atom. The second-order valence-corrected chi connectivity index (χ2v) is 8.38. The molecule has 1 aromatic rings. The van der Waals surface area contributed by atoms with Crippen molar-refractivity contribution in [3.05, 3.63) is 23.2 Å². The van der Waals surface area contributed by atoms with Crippen LogP contribution >= 0.6 is 23.4 Å². The van der Waals surface area contributed by atoms with Crippen LogP contribution in [0.5, 0.6) is 5.75 Å². The Morgan fingerprint density at radius 3 is 2.80 bits per heavy atom. The minimum Gasteiger partial charge on any atom is -0.465 e. The number of hydrogen-bond acceptors (Lipinski definition) is 6. The molecule has 1 heterocycles. The molecule has 2 rings (SSSR count). The number of rotatable bonds is 6. The van der Waals surface area contributed by atoms with Crippen molar-refractivity contribution in [3.63, 3.8) is 0 Å². The van der Waals surface area contributed by atoms with Crippen molar-refractivity contribution >= 4 is 39.4 Å². The van der Waals surface area contributed by atoms with Crippen LogP contribution in [-0.4, -0.2) is 56.0 Å². The van der Waals surface area contributed by atoms with Crippen molar-refractivity contribution in [3.8, 4) is 5.75 Å². The summed E-state index contributed by atoms with van der Waals surface area (Å²) in [7, 11) is -4.05. The van der Waals surface area contributed by atoms with Gasteiger partial charge in [-0.05, 0) is 25.1 Å². The SMILES string of the molecule is CCOC(=O)C1CSCCN1S(=O)(=O)c1ccc(OC(F)F)c(Cl)c1. The van der Waals surface area contributed by atoms with E-state index in [1.165, 1.54) is 11.8 Å². The van der Waals surface area contributed by atoms with Crippen molar-refractivity contribution in [2.45, 2.75) is 24.5 Å². The van der Waals surface area contributed by atoms with Gasteiger partial charge in [-0.2, -0.15) is 24.8 Å². The zero-order valence-corrected chi connectivity index (χ0v) is 15.5. The molecule has 0 saturated carbocycles. The van der Waals surface area contributed by atoms with Gasteiger partial charge in [0.15, 0.2) is 0 Å². The second kappa shape index (κ2) is 8.52. The molecule has 25 heavy (non-hydrogen) atoms. The molecule has 1 unspecified atom stereocenters. The molecule has 1 atom stereocenters. The fourth-order valence-electron chi connectivity index (χ4n) is 2.27. The molecule has 140 valence electrons. The molecule has 1 saturated heterocycles. The highest BCUT2D eigenvalue weighted by molar-refractivity contribution is 7.99. The van der Waals surface area contributed by atoms with Crippen LogP contribution in [0.4, 0.5) is 8.78 Å². The highest BCUT2D eigenvalue weighted by Crippen LogP contribution is 2.31. The Morgan fingerprint density at radius 1 is 1.48 bits per heavy atom. The lowest BCUT2D eigenvalue weighted by Crippen LogP contribution is -2.50. The summed E-state index contributed by atoms with van der Waals surface area (Å²) in [4.78, 5) is 11.8. The first kappa shape index (κ1) is 20.2. The summed E-state index contributed by atoms with van der Waals surface area (Å²) in [5.74, 6) is -0.151. The van der Waals surface area contributed by atoms with E-state index in [-0.39, 0.29) is 34.6 Å². The predicted molar refractivity (Wildman–Crippen MR) is 89.7 cm³/mol. The number of alkyl halides is 2. The van der Waals surface area contributed by atoms with Crippen LogP contribution in [0.1, 0.15) is 6.92 Å². The third kappa shape index (κ3) is 4.75. The lowest BCUT2D eigenvalue weighted by Gasteiger charge is -2.32. The van der Waals surface area contributed by atoms with Gasteiger partial charge in [0, 0.05) is 18.1 Å². The fraction of sp³-hybridized carbons (Fsp3) is 0.500. The van der Waals surface area contributed by atoms with Crippen molar-refractivity contribution in [1.82, 2.24) is 4.31 Å².